The maximum atomic E-state index is 9.55. The predicted molar refractivity (Wildman–Crippen MR) is 70.9 cm³/mol. The Hall–Kier alpha value is -2.48. The summed E-state index contributed by atoms with van der Waals surface area (Å²) in [6.45, 7) is 0. The highest BCUT2D eigenvalue weighted by molar-refractivity contribution is 5.89. The van der Waals surface area contributed by atoms with Gasteiger partial charge in [0.2, 0.25) is 0 Å². The fraction of sp³-hybridized carbons (Fsp3) is 0.333. The number of nitrogen functional groups attached to an aromatic ring is 1. The summed E-state index contributed by atoms with van der Waals surface area (Å²) in [4.78, 5) is 19.1. The summed E-state index contributed by atoms with van der Waals surface area (Å²) in [6, 6.07) is 1.99. The number of rotatable bonds is 3. The second-order valence-corrected chi connectivity index (χ2v) is 4.06. The summed E-state index contributed by atoms with van der Waals surface area (Å²) in [5, 5.41) is 23.6. The number of hydrogen-bond donors (Lipinski definition) is 4. The van der Waals surface area contributed by atoms with Gasteiger partial charge >= 0.3 is 11.9 Å². The fourth-order valence-corrected chi connectivity index (χ4v) is 1.70. The van der Waals surface area contributed by atoms with Crippen LogP contribution < -0.4 is 11.3 Å². The molecule has 0 bridgehead atoms. The SMILES string of the molecule is NNc1cc2c(nn1)CCCC2.O=C(O)/C=C/C(=O)O. The van der Waals surface area contributed by atoms with E-state index in [1.54, 1.807) is 0 Å². The largest absolute Gasteiger partial charge is 0.478 e. The summed E-state index contributed by atoms with van der Waals surface area (Å²) in [7, 11) is 0. The molecular formula is C12H16N4O4. The van der Waals surface area contributed by atoms with E-state index < -0.39 is 11.9 Å². The van der Waals surface area contributed by atoms with Gasteiger partial charge in [0.15, 0.2) is 5.82 Å². The van der Waals surface area contributed by atoms with E-state index in [2.05, 4.69) is 15.6 Å². The average Bonchev–Trinajstić information content (AvgIpc) is 2.45. The molecule has 0 atom stereocenters. The minimum absolute atomic E-state index is 0.558. The van der Waals surface area contributed by atoms with Crippen molar-refractivity contribution in [2.75, 3.05) is 5.43 Å². The molecule has 5 N–H and O–H groups in total. The topological polar surface area (TPSA) is 138 Å². The minimum atomic E-state index is -1.26. The number of aliphatic carboxylic acids is 2. The van der Waals surface area contributed by atoms with E-state index in [1.165, 1.54) is 18.4 Å². The number of anilines is 1. The van der Waals surface area contributed by atoms with Crippen LogP contribution in [0.4, 0.5) is 5.82 Å². The molecule has 0 fully saturated rings. The van der Waals surface area contributed by atoms with E-state index in [0.29, 0.717) is 18.0 Å². The molecule has 0 unspecified atom stereocenters. The van der Waals surface area contributed by atoms with Crippen molar-refractivity contribution in [3.8, 4) is 0 Å². The third-order valence-corrected chi connectivity index (χ3v) is 2.59. The quantitative estimate of drug-likeness (QED) is 0.353. The van der Waals surface area contributed by atoms with Crippen LogP contribution >= 0.6 is 0 Å². The Morgan fingerprint density at radius 1 is 1.15 bits per heavy atom. The lowest BCUT2D eigenvalue weighted by molar-refractivity contribution is -0.134. The van der Waals surface area contributed by atoms with Crippen molar-refractivity contribution in [1.29, 1.82) is 0 Å². The molecule has 0 spiro atoms. The molecule has 1 aliphatic carbocycles. The van der Waals surface area contributed by atoms with E-state index in [0.717, 1.165) is 18.5 Å². The van der Waals surface area contributed by atoms with Gasteiger partial charge in [-0.3, -0.25) is 0 Å². The first-order valence-electron chi connectivity index (χ1n) is 5.99. The number of nitrogens with one attached hydrogen (secondary N) is 1. The van der Waals surface area contributed by atoms with Crippen LogP contribution in [0, 0.1) is 0 Å². The number of aryl methyl sites for hydroxylation is 2. The second kappa shape index (κ2) is 7.85. The normalized spacial score (nSPS) is 13.1. The van der Waals surface area contributed by atoms with Crippen LogP contribution in [0.3, 0.4) is 0 Å². The molecule has 20 heavy (non-hydrogen) atoms. The molecule has 108 valence electrons. The van der Waals surface area contributed by atoms with E-state index in [-0.39, 0.29) is 0 Å². The molecule has 8 nitrogen and oxygen atoms in total. The summed E-state index contributed by atoms with van der Waals surface area (Å²) < 4.78 is 0. The molecule has 0 saturated heterocycles. The summed E-state index contributed by atoms with van der Waals surface area (Å²) in [5.41, 5.74) is 4.94. The predicted octanol–water partition coefficient (Wildman–Crippen LogP) is 0.353. The van der Waals surface area contributed by atoms with Crippen molar-refractivity contribution in [2.45, 2.75) is 25.7 Å². The average molecular weight is 280 g/mol. The third kappa shape index (κ3) is 5.44. The molecule has 2 rings (SSSR count). The Balaban J connectivity index is 0.000000221. The number of hydrazine groups is 1. The van der Waals surface area contributed by atoms with Crippen molar-refractivity contribution in [3.05, 3.63) is 29.5 Å². The molecule has 0 saturated carbocycles. The van der Waals surface area contributed by atoms with Gasteiger partial charge < -0.3 is 15.6 Å². The Kier molecular flexibility index (Phi) is 6.11. The van der Waals surface area contributed by atoms with Gasteiger partial charge in [0.25, 0.3) is 0 Å². The first-order chi connectivity index (χ1) is 9.52. The molecule has 8 heteroatoms. The van der Waals surface area contributed by atoms with Crippen LogP contribution in [0.1, 0.15) is 24.1 Å². The van der Waals surface area contributed by atoms with Gasteiger partial charge in [0.05, 0.1) is 5.69 Å². The smallest absolute Gasteiger partial charge is 0.328 e. The van der Waals surface area contributed by atoms with Crippen molar-refractivity contribution in [2.24, 2.45) is 5.84 Å². The lowest BCUT2D eigenvalue weighted by Crippen LogP contribution is -2.13. The zero-order valence-electron chi connectivity index (χ0n) is 10.7. The Labute approximate surface area is 115 Å². The van der Waals surface area contributed by atoms with Gasteiger partial charge in [-0.1, -0.05) is 0 Å². The lowest BCUT2D eigenvalue weighted by atomic mass is 9.97. The Morgan fingerprint density at radius 2 is 1.75 bits per heavy atom. The molecule has 1 aromatic rings. The summed E-state index contributed by atoms with van der Waals surface area (Å²) >= 11 is 0. The van der Waals surface area contributed by atoms with Crippen molar-refractivity contribution in [3.63, 3.8) is 0 Å². The number of aromatic nitrogens is 2. The van der Waals surface area contributed by atoms with E-state index in [1.807, 2.05) is 6.07 Å². The van der Waals surface area contributed by atoms with E-state index >= 15 is 0 Å². The van der Waals surface area contributed by atoms with Gasteiger partial charge in [-0.05, 0) is 37.3 Å². The van der Waals surface area contributed by atoms with E-state index in [9.17, 15) is 9.59 Å². The zero-order valence-corrected chi connectivity index (χ0v) is 10.7. The van der Waals surface area contributed by atoms with Crippen LogP contribution in [-0.2, 0) is 22.4 Å². The second-order valence-electron chi connectivity index (χ2n) is 4.06. The summed E-state index contributed by atoms with van der Waals surface area (Å²) in [5.74, 6) is 3.38. The van der Waals surface area contributed by atoms with Gasteiger partial charge in [0.1, 0.15) is 0 Å². The zero-order chi connectivity index (χ0) is 15.0. The van der Waals surface area contributed by atoms with Gasteiger partial charge in [-0.15, -0.1) is 5.10 Å². The molecule has 0 radical (unpaired) electrons. The standard InChI is InChI=1S/C8H12N4.C4H4O4/c9-10-8-5-6-3-1-2-4-7(6)11-12-8;5-3(6)1-2-4(7)8/h5H,1-4,9H2,(H,10,12);1-2H,(H,5,6)(H,7,8)/b;2-1+. The highest BCUT2D eigenvalue weighted by atomic mass is 16.4. The maximum absolute atomic E-state index is 9.55. The number of nitrogens with two attached hydrogens (primary N) is 1. The van der Waals surface area contributed by atoms with E-state index in [4.69, 9.17) is 16.1 Å². The van der Waals surface area contributed by atoms with Crippen molar-refractivity contribution in [1.82, 2.24) is 10.2 Å². The molecule has 0 amide bonds. The number of carbonyl (C=O) groups is 2. The minimum Gasteiger partial charge on any atom is -0.478 e. The third-order valence-electron chi connectivity index (χ3n) is 2.59. The molecular weight excluding hydrogens is 264 g/mol. The van der Waals surface area contributed by atoms with Crippen LogP contribution in [0.2, 0.25) is 0 Å². The Bertz CT molecular complexity index is 500. The monoisotopic (exact) mass is 280 g/mol. The fourth-order valence-electron chi connectivity index (χ4n) is 1.70. The highest BCUT2D eigenvalue weighted by Gasteiger charge is 2.11. The van der Waals surface area contributed by atoms with Crippen LogP contribution in [0.5, 0.6) is 0 Å². The van der Waals surface area contributed by atoms with Crippen molar-refractivity contribution < 1.29 is 19.8 Å². The number of hydrogen-bond acceptors (Lipinski definition) is 6. The molecule has 0 aromatic carbocycles. The highest BCUT2D eigenvalue weighted by Crippen LogP contribution is 2.19. The Morgan fingerprint density at radius 3 is 2.30 bits per heavy atom. The van der Waals surface area contributed by atoms with Gasteiger partial charge in [-0.2, -0.15) is 5.10 Å². The first-order valence-corrected chi connectivity index (χ1v) is 5.99. The first kappa shape index (κ1) is 15.6. The molecule has 1 heterocycles. The summed E-state index contributed by atoms with van der Waals surface area (Å²) in [6.07, 6.45) is 5.77. The molecule has 1 aliphatic rings. The molecule has 0 aliphatic heterocycles. The number of carboxylic acid groups (broad SMARTS) is 2. The number of fused-ring (bicyclic) bond motifs is 1. The molecule has 1 aromatic heterocycles. The van der Waals surface area contributed by atoms with Gasteiger partial charge in [0, 0.05) is 12.2 Å². The number of nitrogens with zero attached hydrogens (tertiary/aromatic N) is 2. The van der Waals surface area contributed by atoms with Gasteiger partial charge in [-0.25, -0.2) is 15.4 Å². The number of carboxylic acids is 2. The lowest BCUT2D eigenvalue weighted by Gasteiger charge is -2.13. The van der Waals surface area contributed by atoms with Crippen molar-refractivity contribution >= 4 is 17.8 Å². The van der Waals surface area contributed by atoms with Crippen LogP contribution in [-0.4, -0.2) is 32.3 Å². The van der Waals surface area contributed by atoms with Crippen LogP contribution in [0.25, 0.3) is 0 Å². The van der Waals surface area contributed by atoms with Crippen LogP contribution in [0.15, 0.2) is 18.2 Å². The maximum Gasteiger partial charge on any atom is 0.328 e.